The first-order valence-corrected chi connectivity index (χ1v) is 7.04. The molecule has 1 aliphatic rings. The molecule has 1 N–H and O–H groups in total. The number of carbonyl (C=O) groups excluding carboxylic acids is 2. The molecule has 1 fully saturated rings. The van der Waals surface area contributed by atoms with Gasteiger partial charge in [0.25, 0.3) is 0 Å². The number of piperazine rings is 1. The minimum Gasteiger partial charge on any atom is -0.338 e. The predicted octanol–water partition coefficient (Wildman–Crippen LogP) is -0.782. The van der Waals surface area contributed by atoms with Gasteiger partial charge in [0, 0.05) is 26.2 Å². The molecule has 1 rings (SSSR count). The van der Waals surface area contributed by atoms with Crippen LogP contribution in [0.3, 0.4) is 0 Å². The summed E-state index contributed by atoms with van der Waals surface area (Å²) in [4.78, 5) is 29.6. The molecule has 6 nitrogen and oxygen atoms in total. The van der Waals surface area contributed by atoms with E-state index in [1.807, 2.05) is 9.80 Å². The molecule has 0 saturated carbocycles. The van der Waals surface area contributed by atoms with Gasteiger partial charge in [0.05, 0.1) is 13.1 Å². The van der Waals surface area contributed by atoms with Gasteiger partial charge in [-0.05, 0) is 20.1 Å². The van der Waals surface area contributed by atoms with E-state index in [1.165, 1.54) is 0 Å². The van der Waals surface area contributed by atoms with Crippen LogP contribution in [0.1, 0.15) is 13.8 Å². The molecule has 0 aromatic heterocycles. The van der Waals surface area contributed by atoms with Crippen molar-refractivity contribution in [1.29, 1.82) is 0 Å². The average molecular weight is 270 g/mol. The fraction of sp³-hybridized carbons (Fsp3) is 0.846. The Kier molecular flexibility index (Phi) is 6.80. The predicted molar refractivity (Wildman–Crippen MR) is 74.9 cm³/mol. The van der Waals surface area contributed by atoms with E-state index in [0.29, 0.717) is 39.3 Å². The zero-order valence-corrected chi connectivity index (χ0v) is 12.3. The summed E-state index contributed by atoms with van der Waals surface area (Å²) in [6, 6.07) is 0. The highest BCUT2D eigenvalue weighted by Crippen LogP contribution is 2.03. The summed E-state index contributed by atoms with van der Waals surface area (Å²) in [5.41, 5.74) is 0. The lowest BCUT2D eigenvalue weighted by Crippen LogP contribution is -2.53. The Morgan fingerprint density at radius 2 is 1.47 bits per heavy atom. The molecule has 0 aliphatic carbocycles. The van der Waals surface area contributed by atoms with Gasteiger partial charge >= 0.3 is 0 Å². The second-order valence-corrected chi connectivity index (χ2v) is 4.75. The maximum atomic E-state index is 12.1. The van der Waals surface area contributed by atoms with E-state index in [9.17, 15) is 9.59 Å². The number of hydrogen-bond acceptors (Lipinski definition) is 4. The SMILES string of the molecule is CCN(CC)CC(=O)N1CCN(C(=O)CNC)CC1. The molecular formula is C13H26N4O2. The third-order valence-electron chi connectivity index (χ3n) is 3.57. The summed E-state index contributed by atoms with van der Waals surface area (Å²) >= 11 is 0. The molecule has 6 heteroatoms. The monoisotopic (exact) mass is 270 g/mol. The van der Waals surface area contributed by atoms with E-state index in [2.05, 4.69) is 24.1 Å². The van der Waals surface area contributed by atoms with Gasteiger partial charge in [-0.3, -0.25) is 14.5 Å². The van der Waals surface area contributed by atoms with Crippen LogP contribution in [0.5, 0.6) is 0 Å². The van der Waals surface area contributed by atoms with Crippen molar-refractivity contribution in [2.45, 2.75) is 13.8 Å². The van der Waals surface area contributed by atoms with E-state index in [0.717, 1.165) is 13.1 Å². The Bertz CT molecular complexity index is 297. The lowest BCUT2D eigenvalue weighted by atomic mass is 10.3. The largest absolute Gasteiger partial charge is 0.338 e. The van der Waals surface area contributed by atoms with Crippen LogP contribution in [-0.4, -0.2) is 85.9 Å². The Balaban J connectivity index is 2.36. The van der Waals surface area contributed by atoms with E-state index in [1.54, 1.807) is 7.05 Å². The number of rotatable bonds is 6. The summed E-state index contributed by atoms with van der Waals surface area (Å²) < 4.78 is 0. The normalized spacial score (nSPS) is 16.0. The molecule has 0 radical (unpaired) electrons. The van der Waals surface area contributed by atoms with Gasteiger partial charge in [-0.2, -0.15) is 0 Å². The standard InChI is InChI=1S/C13H26N4O2/c1-4-15(5-2)11-13(19)17-8-6-16(7-9-17)12(18)10-14-3/h14H,4-11H2,1-3H3. The van der Waals surface area contributed by atoms with Gasteiger partial charge in [-0.15, -0.1) is 0 Å². The molecule has 0 bridgehead atoms. The second-order valence-electron chi connectivity index (χ2n) is 4.75. The van der Waals surface area contributed by atoms with Crippen LogP contribution in [0.2, 0.25) is 0 Å². The maximum absolute atomic E-state index is 12.1. The highest BCUT2D eigenvalue weighted by atomic mass is 16.2. The van der Waals surface area contributed by atoms with Gasteiger partial charge < -0.3 is 15.1 Å². The number of amides is 2. The highest BCUT2D eigenvalue weighted by Gasteiger charge is 2.24. The summed E-state index contributed by atoms with van der Waals surface area (Å²) in [7, 11) is 1.77. The minimum atomic E-state index is 0.110. The molecular weight excluding hydrogens is 244 g/mol. The van der Waals surface area contributed by atoms with Crippen molar-refractivity contribution in [3.05, 3.63) is 0 Å². The lowest BCUT2D eigenvalue weighted by Gasteiger charge is -2.35. The molecule has 1 heterocycles. The van der Waals surface area contributed by atoms with Gasteiger partial charge in [0.15, 0.2) is 0 Å². The first kappa shape index (κ1) is 15.9. The van der Waals surface area contributed by atoms with Crippen molar-refractivity contribution in [2.75, 3.05) is 59.4 Å². The van der Waals surface area contributed by atoms with Gasteiger partial charge in [0.1, 0.15) is 0 Å². The Morgan fingerprint density at radius 1 is 1.00 bits per heavy atom. The van der Waals surface area contributed by atoms with Crippen LogP contribution in [0.15, 0.2) is 0 Å². The zero-order valence-electron chi connectivity index (χ0n) is 12.3. The van der Waals surface area contributed by atoms with Gasteiger partial charge in [-0.1, -0.05) is 13.8 Å². The summed E-state index contributed by atoms with van der Waals surface area (Å²) in [6.45, 7) is 9.34. The summed E-state index contributed by atoms with van der Waals surface area (Å²) in [5, 5.41) is 2.86. The van der Waals surface area contributed by atoms with Crippen LogP contribution in [-0.2, 0) is 9.59 Å². The van der Waals surface area contributed by atoms with Crippen molar-refractivity contribution < 1.29 is 9.59 Å². The Hall–Kier alpha value is -1.14. The molecule has 1 saturated heterocycles. The first-order chi connectivity index (χ1) is 9.12. The fourth-order valence-electron chi connectivity index (χ4n) is 2.21. The number of hydrogen-bond donors (Lipinski definition) is 1. The van der Waals surface area contributed by atoms with E-state index in [-0.39, 0.29) is 11.8 Å². The Labute approximate surface area is 115 Å². The van der Waals surface area contributed by atoms with Crippen LogP contribution in [0.4, 0.5) is 0 Å². The van der Waals surface area contributed by atoms with E-state index < -0.39 is 0 Å². The molecule has 0 aromatic rings. The van der Waals surface area contributed by atoms with Gasteiger partial charge in [0.2, 0.25) is 11.8 Å². The van der Waals surface area contributed by atoms with E-state index in [4.69, 9.17) is 0 Å². The highest BCUT2D eigenvalue weighted by molar-refractivity contribution is 5.80. The molecule has 0 unspecified atom stereocenters. The van der Waals surface area contributed by atoms with Crippen molar-refractivity contribution in [3.63, 3.8) is 0 Å². The molecule has 2 amide bonds. The lowest BCUT2D eigenvalue weighted by molar-refractivity contribution is -0.139. The van der Waals surface area contributed by atoms with Gasteiger partial charge in [-0.25, -0.2) is 0 Å². The summed E-state index contributed by atoms with van der Waals surface area (Å²) in [5.74, 6) is 0.280. The number of nitrogens with zero attached hydrogens (tertiary/aromatic N) is 3. The molecule has 0 spiro atoms. The Morgan fingerprint density at radius 3 is 1.89 bits per heavy atom. The quantitative estimate of drug-likeness (QED) is 0.688. The van der Waals surface area contributed by atoms with Crippen LogP contribution in [0.25, 0.3) is 0 Å². The number of carbonyl (C=O) groups is 2. The first-order valence-electron chi connectivity index (χ1n) is 7.04. The third kappa shape index (κ3) is 4.80. The van der Waals surface area contributed by atoms with Crippen molar-refractivity contribution >= 4 is 11.8 Å². The molecule has 110 valence electrons. The smallest absolute Gasteiger partial charge is 0.236 e. The van der Waals surface area contributed by atoms with E-state index >= 15 is 0 Å². The fourth-order valence-corrected chi connectivity index (χ4v) is 2.21. The minimum absolute atomic E-state index is 0.110. The molecule has 1 aliphatic heterocycles. The average Bonchev–Trinajstić information content (AvgIpc) is 2.45. The maximum Gasteiger partial charge on any atom is 0.236 e. The van der Waals surface area contributed by atoms with Crippen molar-refractivity contribution in [2.24, 2.45) is 0 Å². The van der Waals surface area contributed by atoms with Crippen LogP contribution >= 0.6 is 0 Å². The second kappa shape index (κ2) is 8.12. The topological polar surface area (TPSA) is 55.9 Å². The zero-order chi connectivity index (χ0) is 14.3. The molecule has 0 atom stereocenters. The molecule has 19 heavy (non-hydrogen) atoms. The van der Waals surface area contributed by atoms with Crippen molar-refractivity contribution in [1.82, 2.24) is 20.0 Å². The third-order valence-corrected chi connectivity index (χ3v) is 3.57. The van der Waals surface area contributed by atoms with Crippen molar-refractivity contribution in [3.8, 4) is 0 Å². The van der Waals surface area contributed by atoms with Crippen LogP contribution < -0.4 is 5.32 Å². The summed E-state index contributed by atoms with van der Waals surface area (Å²) in [6.07, 6.45) is 0. The number of nitrogens with one attached hydrogen (secondary N) is 1. The number of likely N-dealkylation sites (N-methyl/N-ethyl adjacent to an activating group) is 2. The molecule has 0 aromatic carbocycles. The van der Waals surface area contributed by atoms with Crippen LogP contribution in [0, 0.1) is 0 Å².